The molecule has 2 aromatic rings. The number of hydrogen-bond donors (Lipinski definition) is 1. The van der Waals surface area contributed by atoms with Crippen LogP contribution < -0.4 is 0 Å². The normalized spacial score (nSPS) is 16.4. The number of phenols is 1. The number of rotatable bonds is 3. The van der Waals surface area contributed by atoms with Gasteiger partial charge in [0.25, 0.3) is 0 Å². The van der Waals surface area contributed by atoms with Gasteiger partial charge in [0.05, 0.1) is 0 Å². The molecular weight excluding hydrogens is 306 g/mol. The van der Waals surface area contributed by atoms with Gasteiger partial charge in [-0.2, -0.15) is 0 Å². The first-order valence-corrected chi connectivity index (χ1v) is 9.41. The molecule has 1 saturated carbocycles. The monoisotopic (exact) mass is 335 g/mol. The fraction of sp³-hybridized carbons (Fsp3) is 0.435. The zero-order chi connectivity index (χ0) is 17.9. The van der Waals surface area contributed by atoms with Crippen molar-refractivity contribution in [3.63, 3.8) is 0 Å². The number of phenolic OH excluding ortho intramolecular Hbond substituents is 1. The minimum atomic E-state index is -0.123. The van der Waals surface area contributed by atoms with Gasteiger partial charge >= 0.3 is 0 Å². The summed E-state index contributed by atoms with van der Waals surface area (Å²) in [6.45, 7) is 6.41. The van der Waals surface area contributed by atoms with Crippen LogP contribution in [-0.4, -0.2) is 17.4 Å². The second-order valence-corrected chi connectivity index (χ2v) is 8.15. The summed E-state index contributed by atoms with van der Waals surface area (Å²) in [5.41, 5.74) is 3.98. The van der Waals surface area contributed by atoms with Crippen LogP contribution in [0.3, 0.4) is 0 Å². The third-order valence-electron chi connectivity index (χ3n) is 5.05. The lowest BCUT2D eigenvalue weighted by Crippen LogP contribution is -2.13. The average molecular weight is 335 g/mol. The summed E-state index contributed by atoms with van der Waals surface area (Å²) in [6.07, 6.45) is 8.10. The molecule has 1 aliphatic rings. The van der Waals surface area contributed by atoms with Gasteiger partial charge in [-0.25, -0.2) is 0 Å². The van der Waals surface area contributed by atoms with E-state index in [1.807, 2.05) is 12.3 Å². The molecule has 0 amide bonds. The van der Waals surface area contributed by atoms with E-state index >= 15 is 0 Å². The standard InChI is InChI=1S/C23H29NO/c1-23(2,3)21-15-18(17-10-6-4-7-11-17)14-19(22(21)25)16-24-20-12-8-5-9-13-20/h4,6-7,10-11,14-16,20,25H,5,8-9,12-13H2,1-3H3. The molecule has 0 spiro atoms. The maximum Gasteiger partial charge on any atom is 0.128 e. The molecule has 0 saturated heterocycles. The molecule has 0 heterocycles. The molecule has 0 aromatic heterocycles. The van der Waals surface area contributed by atoms with Crippen molar-refractivity contribution in [2.24, 2.45) is 4.99 Å². The maximum atomic E-state index is 10.8. The minimum Gasteiger partial charge on any atom is -0.507 e. The summed E-state index contributed by atoms with van der Waals surface area (Å²) in [7, 11) is 0. The quantitative estimate of drug-likeness (QED) is 0.674. The first-order valence-electron chi connectivity index (χ1n) is 9.41. The molecule has 0 atom stereocenters. The Hall–Kier alpha value is -2.09. The third-order valence-corrected chi connectivity index (χ3v) is 5.05. The number of hydrogen-bond acceptors (Lipinski definition) is 2. The van der Waals surface area contributed by atoms with Crippen molar-refractivity contribution in [3.8, 4) is 16.9 Å². The molecule has 1 aliphatic carbocycles. The summed E-state index contributed by atoms with van der Waals surface area (Å²) in [5.74, 6) is 0.367. The Morgan fingerprint density at radius 2 is 1.64 bits per heavy atom. The highest BCUT2D eigenvalue weighted by Gasteiger charge is 2.21. The van der Waals surface area contributed by atoms with Gasteiger partial charge in [0.2, 0.25) is 0 Å². The highest BCUT2D eigenvalue weighted by molar-refractivity contribution is 5.87. The fourth-order valence-electron chi connectivity index (χ4n) is 3.54. The topological polar surface area (TPSA) is 32.6 Å². The van der Waals surface area contributed by atoms with Crippen LogP contribution in [0.1, 0.15) is 64.0 Å². The fourth-order valence-corrected chi connectivity index (χ4v) is 3.54. The Labute approximate surface area is 151 Å². The van der Waals surface area contributed by atoms with E-state index in [9.17, 15) is 5.11 Å². The average Bonchev–Trinajstić information content (AvgIpc) is 2.61. The second kappa shape index (κ2) is 7.43. The van der Waals surface area contributed by atoms with Crippen molar-refractivity contribution < 1.29 is 5.11 Å². The van der Waals surface area contributed by atoms with E-state index in [2.05, 4.69) is 57.2 Å². The molecule has 1 N–H and O–H groups in total. The molecular formula is C23H29NO. The predicted octanol–water partition coefficient (Wildman–Crippen LogP) is 6.11. The first-order chi connectivity index (χ1) is 11.9. The van der Waals surface area contributed by atoms with Gasteiger partial charge in [-0.3, -0.25) is 4.99 Å². The van der Waals surface area contributed by atoms with Gasteiger partial charge < -0.3 is 5.11 Å². The highest BCUT2D eigenvalue weighted by atomic mass is 16.3. The molecule has 0 bridgehead atoms. The van der Waals surface area contributed by atoms with Gasteiger partial charge in [0.1, 0.15) is 5.75 Å². The molecule has 25 heavy (non-hydrogen) atoms. The number of nitrogens with zero attached hydrogens (tertiary/aromatic N) is 1. The van der Waals surface area contributed by atoms with Crippen molar-refractivity contribution in [1.29, 1.82) is 0 Å². The first kappa shape index (κ1) is 17.7. The van der Waals surface area contributed by atoms with E-state index in [0.717, 1.165) is 16.7 Å². The molecule has 1 fully saturated rings. The molecule has 0 aliphatic heterocycles. The Morgan fingerprint density at radius 3 is 2.28 bits per heavy atom. The van der Waals surface area contributed by atoms with E-state index in [0.29, 0.717) is 11.8 Å². The van der Waals surface area contributed by atoms with Crippen LogP contribution in [0.25, 0.3) is 11.1 Å². The Bertz CT molecular complexity index is 735. The van der Waals surface area contributed by atoms with Crippen LogP contribution in [0.15, 0.2) is 47.5 Å². The van der Waals surface area contributed by atoms with Crippen LogP contribution in [0.4, 0.5) is 0 Å². The predicted molar refractivity (Wildman–Crippen MR) is 107 cm³/mol. The minimum absolute atomic E-state index is 0.123. The van der Waals surface area contributed by atoms with Gasteiger partial charge in [-0.15, -0.1) is 0 Å². The van der Waals surface area contributed by atoms with E-state index in [1.54, 1.807) is 0 Å². The summed E-state index contributed by atoms with van der Waals surface area (Å²) in [4.78, 5) is 4.79. The lowest BCUT2D eigenvalue weighted by atomic mass is 9.83. The Balaban J connectivity index is 2.02. The summed E-state index contributed by atoms with van der Waals surface area (Å²) in [6, 6.07) is 14.9. The molecule has 2 aromatic carbocycles. The molecule has 132 valence electrons. The van der Waals surface area contributed by atoms with Gasteiger partial charge in [-0.1, -0.05) is 70.4 Å². The van der Waals surface area contributed by atoms with E-state index in [4.69, 9.17) is 4.99 Å². The second-order valence-electron chi connectivity index (χ2n) is 8.15. The molecule has 3 rings (SSSR count). The molecule has 2 nitrogen and oxygen atoms in total. The Kier molecular flexibility index (Phi) is 5.27. The van der Waals surface area contributed by atoms with Crippen molar-refractivity contribution in [3.05, 3.63) is 53.6 Å². The molecule has 0 unspecified atom stereocenters. The number of aliphatic imine (C=N–C) groups is 1. The SMILES string of the molecule is CC(C)(C)c1cc(-c2ccccc2)cc(C=NC2CCCCC2)c1O. The summed E-state index contributed by atoms with van der Waals surface area (Å²) in [5, 5.41) is 10.8. The van der Waals surface area contributed by atoms with Crippen LogP contribution in [0.2, 0.25) is 0 Å². The van der Waals surface area contributed by atoms with Crippen molar-refractivity contribution in [2.75, 3.05) is 0 Å². The van der Waals surface area contributed by atoms with Crippen molar-refractivity contribution in [1.82, 2.24) is 0 Å². The van der Waals surface area contributed by atoms with E-state index in [-0.39, 0.29) is 5.41 Å². The third kappa shape index (κ3) is 4.31. The molecule has 2 heteroatoms. The smallest absolute Gasteiger partial charge is 0.128 e. The van der Waals surface area contributed by atoms with Crippen molar-refractivity contribution >= 4 is 6.21 Å². The van der Waals surface area contributed by atoms with E-state index < -0.39 is 0 Å². The van der Waals surface area contributed by atoms with E-state index in [1.165, 1.54) is 37.7 Å². The zero-order valence-electron chi connectivity index (χ0n) is 15.6. The van der Waals surface area contributed by atoms with Gasteiger partial charge in [-0.05, 0) is 41.5 Å². The Morgan fingerprint density at radius 1 is 0.960 bits per heavy atom. The summed E-state index contributed by atoms with van der Waals surface area (Å²) < 4.78 is 0. The maximum absolute atomic E-state index is 10.8. The molecule has 0 radical (unpaired) electrons. The lowest BCUT2D eigenvalue weighted by molar-refractivity contribution is 0.441. The lowest BCUT2D eigenvalue weighted by Gasteiger charge is -2.23. The van der Waals surface area contributed by atoms with Crippen LogP contribution >= 0.6 is 0 Å². The highest BCUT2D eigenvalue weighted by Crippen LogP contribution is 2.37. The zero-order valence-corrected chi connectivity index (χ0v) is 15.6. The number of aromatic hydroxyl groups is 1. The van der Waals surface area contributed by atoms with Gasteiger partial charge in [0, 0.05) is 23.4 Å². The van der Waals surface area contributed by atoms with Gasteiger partial charge in [0.15, 0.2) is 0 Å². The largest absolute Gasteiger partial charge is 0.507 e. The van der Waals surface area contributed by atoms with Crippen molar-refractivity contribution in [2.45, 2.75) is 64.3 Å². The summed E-state index contributed by atoms with van der Waals surface area (Å²) >= 11 is 0. The number of benzene rings is 2. The van der Waals surface area contributed by atoms with Crippen LogP contribution in [-0.2, 0) is 5.41 Å². The van der Waals surface area contributed by atoms with Crippen LogP contribution in [0, 0.1) is 0 Å². The van der Waals surface area contributed by atoms with Crippen LogP contribution in [0.5, 0.6) is 5.75 Å².